The third kappa shape index (κ3) is 3.74. The molecule has 1 fully saturated rings. The van der Waals surface area contributed by atoms with E-state index in [1.165, 1.54) is 18.2 Å². The van der Waals surface area contributed by atoms with Crippen LogP contribution in [0.4, 0.5) is 14.9 Å². The summed E-state index contributed by atoms with van der Waals surface area (Å²) in [6.07, 6.45) is 1.94. The molecular formula is C21H22FN3O3. The average Bonchev–Trinajstić information content (AvgIpc) is 2.88. The number of urea groups is 1. The highest BCUT2D eigenvalue weighted by molar-refractivity contribution is 6.10. The van der Waals surface area contributed by atoms with Gasteiger partial charge in [0.25, 0.3) is 5.91 Å². The lowest BCUT2D eigenvalue weighted by molar-refractivity contribution is -0.133. The number of para-hydroxylation sites is 1. The standard InChI is InChI=1S/C21H22FN3O3/c1-3-6-14-9-11-15(12-10-14)21(2)19(27)25(20(28)24-21)13-18(26)23-17-8-5-4-7-16(17)22/h4-5,7-12H,3,6,13H2,1-2H3,(H,23,26)(H,24,28)/t21-/m0/s1. The molecule has 0 bridgehead atoms. The number of halogens is 1. The van der Waals surface area contributed by atoms with Gasteiger partial charge in [-0.2, -0.15) is 0 Å². The molecular weight excluding hydrogens is 361 g/mol. The summed E-state index contributed by atoms with van der Waals surface area (Å²) in [5.74, 6) is -1.77. The SMILES string of the molecule is CCCc1ccc([C@]2(C)NC(=O)N(CC(=O)Nc3ccccc3F)C2=O)cc1. The lowest BCUT2D eigenvalue weighted by Gasteiger charge is -2.22. The van der Waals surface area contributed by atoms with Crippen molar-refractivity contribution in [2.75, 3.05) is 11.9 Å². The molecule has 28 heavy (non-hydrogen) atoms. The van der Waals surface area contributed by atoms with Gasteiger partial charge in [0.05, 0.1) is 5.69 Å². The molecule has 1 aliphatic rings. The van der Waals surface area contributed by atoms with Crippen LogP contribution in [0.5, 0.6) is 0 Å². The van der Waals surface area contributed by atoms with Gasteiger partial charge in [0.1, 0.15) is 17.9 Å². The summed E-state index contributed by atoms with van der Waals surface area (Å²) in [6, 6.07) is 12.5. The topological polar surface area (TPSA) is 78.5 Å². The van der Waals surface area contributed by atoms with Crippen LogP contribution in [0.1, 0.15) is 31.4 Å². The van der Waals surface area contributed by atoms with Gasteiger partial charge in [0.2, 0.25) is 5.91 Å². The van der Waals surface area contributed by atoms with Crippen LogP contribution < -0.4 is 10.6 Å². The van der Waals surface area contributed by atoms with Crippen LogP contribution in [0.15, 0.2) is 48.5 Å². The van der Waals surface area contributed by atoms with Gasteiger partial charge in [0.15, 0.2) is 0 Å². The quantitative estimate of drug-likeness (QED) is 0.752. The van der Waals surface area contributed by atoms with Crippen LogP contribution >= 0.6 is 0 Å². The zero-order valence-corrected chi connectivity index (χ0v) is 15.8. The Morgan fingerprint density at radius 2 is 1.82 bits per heavy atom. The van der Waals surface area contributed by atoms with E-state index in [0.717, 1.165) is 23.3 Å². The highest BCUT2D eigenvalue weighted by Gasteiger charge is 2.49. The second kappa shape index (κ2) is 7.80. The summed E-state index contributed by atoms with van der Waals surface area (Å²) in [6.45, 7) is 3.19. The van der Waals surface area contributed by atoms with Crippen molar-refractivity contribution in [3.8, 4) is 0 Å². The van der Waals surface area contributed by atoms with Gasteiger partial charge in [-0.25, -0.2) is 9.18 Å². The van der Waals surface area contributed by atoms with Crippen LogP contribution in [-0.2, 0) is 21.5 Å². The van der Waals surface area contributed by atoms with E-state index in [4.69, 9.17) is 0 Å². The molecule has 146 valence electrons. The van der Waals surface area contributed by atoms with E-state index in [1.807, 2.05) is 24.3 Å². The molecule has 1 heterocycles. The van der Waals surface area contributed by atoms with Crippen LogP contribution in [0.25, 0.3) is 0 Å². The maximum Gasteiger partial charge on any atom is 0.325 e. The van der Waals surface area contributed by atoms with Crippen LogP contribution in [0.2, 0.25) is 0 Å². The van der Waals surface area contributed by atoms with Crippen LogP contribution in [0.3, 0.4) is 0 Å². The number of nitrogens with zero attached hydrogens (tertiary/aromatic N) is 1. The van der Waals surface area contributed by atoms with Gasteiger partial charge in [0, 0.05) is 0 Å². The molecule has 2 aromatic rings. The zero-order chi connectivity index (χ0) is 20.3. The van der Waals surface area contributed by atoms with Gasteiger partial charge < -0.3 is 10.6 Å². The van der Waals surface area contributed by atoms with Gasteiger partial charge in [-0.3, -0.25) is 14.5 Å². The van der Waals surface area contributed by atoms with Crippen molar-refractivity contribution in [3.63, 3.8) is 0 Å². The molecule has 0 unspecified atom stereocenters. The number of hydrogen-bond donors (Lipinski definition) is 2. The Hall–Kier alpha value is -3.22. The second-order valence-corrected chi connectivity index (χ2v) is 6.92. The Balaban J connectivity index is 1.73. The molecule has 3 rings (SSSR count). The fourth-order valence-electron chi connectivity index (χ4n) is 3.23. The molecule has 0 spiro atoms. The number of carbonyl (C=O) groups excluding carboxylic acids is 3. The normalized spacial score (nSPS) is 18.9. The lowest BCUT2D eigenvalue weighted by Crippen LogP contribution is -2.42. The monoisotopic (exact) mass is 383 g/mol. The Morgan fingerprint density at radius 3 is 2.46 bits per heavy atom. The fraction of sp³-hybridized carbons (Fsp3) is 0.286. The minimum absolute atomic E-state index is 0.00571. The molecule has 2 aromatic carbocycles. The molecule has 1 atom stereocenters. The van der Waals surface area contributed by atoms with E-state index in [1.54, 1.807) is 13.0 Å². The van der Waals surface area contributed by atoms with Crippen molar-refractivity contribution in [1.29, 1.82) is 0 Å². The van der Waals surface area contributed by atoms with E-state index in [0.29, 0.717) is 5.56 Å². The number of nitrogens with one attached hydrogen (secondary N) is 2. The second-order valence-electron chi connectivity index (χ2n) is 6.92. The van der Waals surface area contributed by atoms with E-state index in [-0.39, 0.29) is 5.69 Å². The van der Waals surface area contributed by atoms with Gasteiger partial charge in [-0.05, 0) is 36.6 Å². The molecule has 0 aromatic heterocycles. The summed E-state index contributed by atoms with van der Waals surface area (Å²) in [5, 5.41) is 5.04. The maximum atomic E-state index is 13.7. The summed E-state index contributed by atoms with van der Waals surface area (Å²) < 4.78 is 13.7. The fourth-order valence-corrected chi connectivity index (χ4v) is 3.23. The molecule has 0 aliphatic carbocycles. The lowest BCUT2D eigenvalue weighted by atomic mass is 9.91. The summed E-state index contributed by atoms with van der Waals surface area (Å²) in [5.41, 5.74) is 0.532. The third-order valence-corrected chi connectivity index (χ3v) is 4.79. The number of benzene rings is 2. The Bertz CT molecular complexity index is 913. The van der Waals surface area contributed by atoms with Crippen LogP contribution in [-0.4, -0.2) is 29.3 Å². The van der Waals surface area contributed by atoms with Crippen molar-refractivity contribution < 1.29 is 18.8 Å². The van der Waals surface area contributed by atoms with Gasteiger partial charge in [-0.1, -0.05) is 49.7 Å². The Kier molecular flexibility index (Phi) is 5.44. The minimum atomic E-state index is -1.25. The number of rotatable bonds is 6. The molecule has 0 saturated carbocycles. The first-order chi connectivity index (χ1) is 13.3. The van der Waals surface area contributed by atoms with E-state index < -0.39 is 35.7 Å². The highest BCUT2D eigenvalue weighted by atomic mass is 19.1. The zero-order valence-electron chi connectivity index (χ0n) is 15.8. The Labute approximate surface area is 162 Å². The number of imide groups is 1. The predicted molar refractivity (Wildman–Crippen MR) is 103 cm³/mol. The maximum absolute atomic E-state index is 13.7. The van der Waals surface area contributed by atoms with E-state index in [2.05, 4.69) is 17.6 Å². The van der Waals surface area contributed by atoms with Crippen molar-refractivity contribution in [2.45, 2.75) is 32.2 Å². The van der Waals surface area contributed by atoms with Crippen molar-refractivity contribution in [2.24, 2.45) is 0 Å². The summed E-state index contributed by atoms with van der Waals surface area (Å²) in [4.78, 5) is 38.3. The number of carbonyl (C=O) groups is 3. The largest absolute Gasteiger partial charge is 0.325 e. The number of amides is 4. The first kappa shape index (κ1) is 19.5. The Morgan fingerprint density at radius 1 is 1.14 bits per heavy atom. The van der Waals surface area contributed by atoms with Gasteiger partial charge >= 0.3 is 6.03 Å². The molecule has 7 heteroatoms. The van der Waals surface area contributed by atoms with Crippen molar-refractivity contribution >= 4 is 23.5 Å². The number of anilines is 1. The molecule has 0 radical (unpaired) electrons. The predicted octanol–water partition coefficient (Wildman–Crippen LogP) is 3.18. The van der Waals surface area contributed by atoms with Crippen molar-refractivity contribution in [1.82, 2.24) is 10.2 Å². The van der Waals surface area contributed by atoms with Crippen LogP contribution in [0, 0.1) is 5.82 Å². The minimum Gasteiger partial charge on any atom is -0.322 e. The third-order valence-electron chi connectivity index (χ3n) is 4.79. The summed E-state index contributed by atoms with van der Waals surface area (Å²) >= 11 is 0. The smallest absolute Gasteiger partial charge is 0.322 e. The first-order valence-corrected chi connectivity index (χ1v) is 9.13. The van der Waals surface area contributed by atoms with E-state index >= 15 is 0 Å². The van der Waals surface area contributed by atoms with Gasteiger partial charge in [-0.15, -0.1) is 0 Å². The van der Waals surface area contributed by atoms with E-state index in [9.17, 15) is 18.8 Å². The molecule has 1 saturated heterocycles. The summed E-state index contributed by atoms with van der Waals surface area (Å²) in [7, 11) is 0. The average molecular weight is 383 g/mol. The number of aryl methyl sites for hydroxylation is 1. The molecule has 6 nitrogen and oxygen atoms in total. The van der Waals surface area contributed by atoms with Crippen molar-refractivity contribution in [3.05, 3.63) is 65.5 Å². The molecule has 1 aliphatic heterocycles. The molecule has 2 N–H and O–H groups in total. The molecule has 4 amide bonds. The first-order valence-electron chi connectivity index (χ1n) is 9.13. The highest BCUT2D eigenvalue weighted by Crippen LogP contribution is 2.29. The number of hydrogen-bond acceptors (Lipinski definition) is 3.